The second kappa shape index (κ2) is 53.4. The van der Waals surface area contributed by atoms with Crippen LogP contribution in [0, 0.1) is 5.92 Å². The first-order valence-electron chi connectivity index (χ1n) is 29.4. The Kier molecular flexibility index (Phi) is 52.1. The quantitative estimate of drug-likeness (QED) is 0.0344. The summed E-state index contributed by atoms with van der Waals surface area (Å²) >= 11 is 0. The lowest BCUT2D eigenvalue weighted by Gasteiger charge is -2.18. The van der Waals surface area contributed by atoms with Crippen molar-refractivity contribution in [1.29, 1.82) is 0 Å². The van der Waals surface area contributed by atoms with Gasteiger partial charge in [0.05, 0.1) is 0 Å². The molecule has 0 aliphatic carbocycles. The molecule has 0 saturated heterocycles. The average Bonchev–Trinajstić information content (AvgIpc) is 3.29. The predicted octanol–water partition coefficient (Wildman–Crippen LogP) is 19.4. The molecule has 0 aliphatic rings. The fourth-order valence-corrected chi connectivity index (χ4v) is 9.10. The summed E-state index contributed by atoms with van der Waals surface area (Å²) in [5.41, 5.74) is 0. The molecule has 0 fully saturated rings. The largest absolute Gasteiger partial charge is 0.462 e. The standard InChI is InChI=1S/C59H114O6/c1-5-7-9-11-13-15-17-19-21-23-25-27-29-31-33-35-37-42-46-50-57(60)63-53-56(54-64-58(61)51-47-43-40-39-41-45-49-55(3)4)65-59(62)52-48-44-38-36-34-32-30-28-26-24-22-20-18-16-14-12-10-8-6-2/h55-56H,5-54H2,1-4H3/t56-/m0/s1. The van der Waals surface area contributed by atoms with E-state index in [1.807, 2.05) is 0 Å². The molecule has 0 bridgehead atoms. The van der Waals surface area contributed by atoms with Crippen LogP contribution in [0.25, 0.3) is 0 Å². The van der Waals surface area contributed by atoms with Crippen LogP contribution in [0.1, 0.15) is 336 Å². The maximum absolute atomic E-state index is 12.8. The average molecular weight is 920 g/mol. The van der Waals surface area contributed by atoms with Gasteiger partial charge in [0.15, 0.2) is 6.10 Å². The van der Waals surface area contributed by atoms with Crippen LogP contribution in [0.4, 0.5) is 0 Å². The normalized spacial score (nSPS) is 12.0. The third-order valence-electron chi connectivity index (χ3n) is 13.5. The third-order valence-corrected chi connectivity index (χ3v) is 13.5. The van der Waals surface area contributed by atoms with Crippen molar-refractivity contribution < 1.29 is 28.6 Å². The molecular weight excluding hydrogens is 805 g/mol. The summed E-state index contributed by atoms with van der Waals surface area (Å²) in [5, 5.41) is 0. The molecule has 0 aromatic carbocycles. The maximum atomic E-state index is 12.8. The van der Waals surface area contributed by atoms with Gasteiger partial charge in [0, 0.05) is 19.3 Å². The van der Waals surface area contributed by atoms with E-state index >= 15 is 0 Å². The van der Waals surface area contributed by atoms with Gasteiger partial charge in [-0.1, -0.05) is 297 Å². The molecule has 0 aromatic heterocycles. The van der Waals surface area contributed by atoms with Crippen LogP contribution in [0.15, 0.2) is 0 Å². The van der Waals surface area contributed by atoms with Gasteiger partial charge in [0.1, 0.15) is 13.2 Å². The summed E-state index contributed by atoms with van der Waals surface area (Å²) < 4.78 is 16.9. The van der Waals surface area contributed by atoms with Gasteiger partial charge in [-0.25, -0.2) is 0 Å². The van der Waals surface area contributed by atoms with Crippen molar-refractivity contribution >= 4 is 17.9 Å². The second-order valence-electron chi connectivity index (χ2n) is 20.8. The molecule has 6 heteroatoms. The van der Waals surface area contributed by atoms with Crippen molar-refractivity contribution in [2.45, 2.75) is 342 Å². The number of ether oxygens (including phenoxy) is 3. The molecule has 0 N–H and O–H groups in total. The van der Waals surface area contributed by atoms with Crippen molar-refractivity contribution in [2.75, 3.05) is 13.2 Å². The number of hydrogen-bond donors (Lipinski definition) is 0. The fraction of sp³-hybridized carbons (Fsp3) is 0.949. The van der Waals surface area contributed by atoms with Gasteiger partial charge in [-0.05, 0) is 25.2 Å². The predicted molar refractivity (Wildman–Crippen MR) is 280 cm³/mol. The van der Waals surface area contributed by atoms with Gasteiger partial charge in [0.2, 0.25) is 0 Å². The van der Waals surface area contributed by atoms with E-state index in [0.717, 1.165) is 63.7 Å². The van der Waals surface area contributed by atoms with Crippen LogP contribution >= 0.6 is 0 Å². The van der Waals surface area contributed by atoms with Crippen molar-refractivity contribution in [3.05, 3.63) is 0 Å². The lowest BCUT2D eigenvalue weighted by molar-refractivity contribution is -0.167. The number of unbranched alkanes of at least 4 members (excludes halogenated alkanes) is 41. The zero-order valence-electron chi connectivity index (χ0n) is 44.5. The summed E-state index contributed by atoms with van der Waals surface area (Å²) in [7, 11) is 0. The molecule has 0 aromatic rings. The lowest BCUT2D eigenvalue weighted by Crippen LogP contribution is -2.30. The smallest absolute Gasteiger partial charge is 0.306 e. The second-order valence-corrected chi connectivity index (χ2v) is 20.8. The zero-order valence-corrected chi connectivity index (χ0v) is 44.5. The highest BCUT2D eigenvalue weighted by molar-refractivity contribution is 5.71. The van der Waals surface area contributed by atoms with E-state index in [1.165, 1.54) is 231 Å². The van der Waals surface area contributed by atoms with Crippen LogP contribution < -0.4 is 0 Å². The Labute approximate surface area is 406 Å². The molecule has 386 valence electrons. The van der Waals surface area contributed by atoms with Crippen LogP contribution in [0.5, 0.6) is 0 Å². The van der Waals surface area contributed by atoms with Crippen LogP contribution in [0.2, 0.25) is 0 Å². The number of hydrogen-bond acceptors (Lipinski definition) is 6. The zero-order chi connectivity index (χ0) is 47.4. The van der Waals surface area contributed by atoms with Gasteiger partial charge >= 0.3 is 17.9 Å². The van der Waals surface area contributed by atoms with Crippen molar-refractivity contribution in [3.8, 4) is 0 Å². The Morgan fingerprint density at radius 1 is 0.292 bits per heavy atom. The van der Waals surface area contributed by atoms with Gasteiger partial charge in [0.25, 0.3) is 0 Å². The van der Waals surface area contributed by atoms with Gasteiger partial charge in [-0.3, -0.25) is 14.4 Å². The minimum absolute atomic E-state index is 0.0629. The molecule has 0 heterocycles. The topological polar surface area (TPSA) is 78.9 Å². The summed E-state index contributed by atoms with van der Waals surface area (Å²) in [6.45, 7) is 8.99. The number of esters is 3. The van der Waals surface area contributed by atoms with Gasteiger partial charge in [-0.2, -0.15) is 0 Å². The van der Waals surface area contributed by atoms with Crippen LogP contribution in [-0.2, 0) is 28.6 Å². The van der Waals surface area contributed by atoms with E-state index in [4.69, 9.17) is 14.2 Å². The molecule has 1 atom stereocenters. The first kappa shape index (κ1) is 63.4. The molecule has 0 rings (SSSR count). The minimum Gasteiger partial charge on any atom is -0.462 e. The van der Waals surface area contributed by atoms with Crippen LogP contribution in [-0.4, -0.2) is 37.2 Å². The Morgan fingerprint density at radius 2 is 0.508 bits per heavy atom. The SMILES string of the molecule is CCCCCCCCCCCCCCCCCCCCCC(=O)OC[C@@H](COC(=O)CCCCCCCCC(C)C)OC(=O)CCCCCCCCCCCCCCCCCCCCC. The molecule has 6 nitrogen and oxygen atoms in total. The molecular formula is C59H114O6. The van der Waals surface area contributed by atoms with E-state index in [0.29, 0.717) is 19.3 Å². The highest BCUT2D eigenvalue weighted by atomic mass is 16.6. The Balaban J connectivity index is 4.19. The van der Waals surface area contributed by atoms with Gasteiger partial charge in [-0.15, -0.1) is 0 Å². The monoisotopic (exact) mass is 919 g/mol. The summed E-state index contributed by atoms with van der Waals surface area (Å²) in [6, 6.07) is 0. The molecule has 0 unspecified atom stereocenters. The highest BCUT2D eigenvalue weighted by Gasteiger charge is 2.19. The van der Waals surface area contributed by atoms with E-state index in [9.17, 15) is 14.4 Å². The minimum atomic E-state index is -0.762. The van der Waals surface area contributed by atoms with E-state index in [1.54, 1.807) is 0 Å². The fourth-order valence-electron chi connectivity index (χ4n) is 9.10. The molecule has 0 radical (unpaired) electrons. The van der Waals surface area contributed by atoms with Crippen molar-refractivity contribution in [1.82, 2.24) is 0 Å². The highest BCUT2D eigenvalue weighted by Crippen LogP contribution is 2.18. The van der Waals surface area contributed by atoms with Crippen molar-refractivity contribution in [2.24, 2.45) is 5.92 Å². The molecule has 0 saturated carbocycles. The van der Waals surface area contributed by atoms with Crippen molar-refractivity contribution in [3.63, 3.8) is 0 Å². The summed E-state index contributed by atoms with van der Waals surface area (Å²) in [6.07, 6.45) is 58.3. The summed E-state index contributed by atoms with van der Waals surface area (Å²) in [5.74, 6) is -0.0786. The number of rotatable bonds is 54. The number of carbonyl (C=O) groups is 3. The Bertz CT molecular complexity index is 980. The van der Waals surface area contributed by atoms with E-state index in [-0.39, 0.29) is 31.1 Å². The molecule has 0 aliphatic heterocycles. The first-order valence-corrected chi connectivity index (χ1v) is 29.4. The Morgan fingerprint density at radius 3 is 0.754 bits per heavy atom. The maximum Gasteiger partial charge on any atom is 0.306 e. The van der Waals surface area contributed by atoms with E-state index < -0.39 is 6.10 Å². The first-order chi connectivity index (χ1) is 31.9. The third kappa shape index (κ3) is 53.2. The lowest BCUT2D eigenvalue weighted by atomic mass is 10.0. The summed E-state index contributed by atoms with van der Waals surface area (Å²) in [4.78, 5) is 38.1. The number of carbonyl (C=O) groups excluding carboxylic acids is 3. The Hall–Kier alpha value is -1.59. The molecule has 65 heavy (non-hydrogen) atoms. The molecule has 0 spiro atoms. The molecule has 0 amide bonds. The van der Waals surface area contributed by atoms with Crippen LogP contribution in [0.3, 0.4) is 0 Å². The van der Waals surface area contributed by atoms with E-state index in [2.05, 4.69) is 27.7 Å². The van der Waals surface area contributed by atoms with Gasteiger partial charge < -0.3 is 14.2 Å².